The second kappa shape index (κ2) is 5.96. The molecular formula is C15H7Cl2F5N4O2. The number of halogens is 7. The highest BCUT2D eigenvalue weighted by molar-refractivity contribution is 6.38. The first-order chi connectivity index (χ1) is 12.8. The summed E-state index contributed by atoms with van der Waals surface area (Å²) in [7, 11) is 0. The lowest BCUT2D eigenvalue weighted by Crippen LogP contribution is -2.28. The molecule has 6 nitrogen and oxygen atoms in total. The molecule has 0 spiro atoms. The fraction of sp³-hybridized carbons (Fsp3) is 0.267. The highest BCUT2D eigenvalue weighted by Gasteiger charge is 2.79. The minimum absolute atomic E-state index is 0.416. The number of carboxylic acids is 1. The van der Waals surface area contributed by atoms with E-state index in [0.29, 0.717) is 16.8 Å². The Morgan fingerprint density at radius 3 is 2.18 bits per heavy atom. The van der Waals surface area contributed by atoms with Gasteiger partial charge in [0.05, 0.1) is 21.2 Å². The molecular weight excluding hydrogens is 434 g/mol. The molecule has 2 aromatic rings. The minimum atomic E-state index is -4.77. The van der Waals surface area contributed by atoms with Gasteiger partial charge in [0, 0.05) is 6.42 Å². The zero-order valence-electron chi connectivity index (χ0n) is 13.3. The van der Waals surface area contributed by atoms with E-state index >= 15 is 0 Å². The van der Waals surface area contributed by atoms with Crippen molar-refractivity contribution in [3.05, 3.63) is 39.0 Å². The Hall–Kier alpha value is -2.58. The highest BCUT2D eigenvalue weighted by Crippen LogP contribution is 2.63. The van der Waals surface area contributed by atoms with Gasteiger partial charge in [-0.05, 0) is 12.1 Å². The van der Waals surface area contributed by atoms with Crippen LogP contribution >= 0.6 is 23.2 Å². The maximum absolute atomic E-state index is 13.9. The second-order valence-corrected chi connectivity index (χ2v) is 6.82. The van der Waals surface area contributed by atoms with Crippen LogP contribution < -0.4 is 5.73 Å². The molecule has 148 valence electrons. The smallest absolute Gasteiger partial charge is 0.416 e. The van der Waals surface area contributed by atoms with Crippen molar-refractivity contribution in [1.82, 2.24) is 9.78 Å². The molecule has 0 radical (unpaired) electrons. The van der Waals surface area contributed by atoms with Crippen molar-refractivity contribution in [2.45, 2.75) is 23.9 Å². The first-order valence-corrected chi connectivity index (χ1v) is 8.00. The van der Waals surface area contributed by atoms with Crippen LogP contribution in [0.4, 0.5) is 27.8 Å². The molecule has 3 N–H and O–H groups in total. The van der Waals surface area contributed by atoms with Gasteiger partial charge in [0.1, 0.15) is 17.6 Å². The van der Waals surface area contributed by atoms with E-state index in [9.17, 15) is 37.1 Å². The van der Waals surface area contributed by atoms with E-state index < -0.39 is 68.3 Å². The number of hydrogen-bond donors (Lipinski definition) is 2. The van der Waals surface area contributed by atoms with E-state index in [1.807, 2.05) is 0 Å². The number of nitrogens with two attached hydrogens (primary N) is 1. The van der Waals surface area contributed by atoms with Crippen molar-refractivity contribution < 1.29 is 31.9 Å². The van der Waals surface area contributed by atoms with Gasteiger partial charge in [-0.3, -0.25) is 4.79 Å². The molecule has 1 unspecified atom stereocenters. The fourth-order valence-electron chi connectivity index (χ4n) is 2.93. The Kier molecular flexibility index (Phi) is 4.29. The van der Waals surface area contributed by atoms with Crippen molar-refractivity contribution in [1.29, 1.82) is 5.26 Å². The molecule has 1 aromatic heterocycles. The SMILES string of the molecule is N#Cc1nn(-c2c(Cl)cc(C(F)(F)F)cc2Cl)c(N)c1C1(C(=O)O)CC1(F)F. The van der Waals surface area contributed by atoms with Crippen molar-refractivity contribution in [2.75, 3.05) is 5.73 Å². The third-order valence-corrected chi connectivity index (χ3v) is 4.94. The zero-order valence-corrected chi connectivity index (χ0v) is 14.8. The van der Waals surface area contributed by atoms with E-state index in [4.69, 9.17) is 28.9 Å². The lowest BCUT2D eigenvalue weighted by molar-refractivity contribution is -0.143. The molecule has 1 atom stereocenters. The molecule has 28 heavy (non-hydrogen) atoms. The van der Waals surface area contributed by atoms with Crippen LogP contribution in [-0.2, 0) is 16.4 Å². The molecule has 1 fully saturated rings. The number of benzene rings is 1. The number of nitriles is 1. The van der Waals surface area contributed by atoms with Gasteiger partial charge >= 0.3 is 12.1 Å². The van der Waals surface area contributed by atoms with Crippen molar-refractivity contribution in [3.63, 3.8) is 0 Å². The number of carboxylic acid groups (broad SMARTS) is 1. The van der Waals surface area contributed by atoms with Crippen LogP contribution in [0.15, 0.2) is 12.1 Å². The predicted octanol–water partition coefficient (Wildman–Crippen LogP) is 4.01. The maximum atomic E-state index is 13.9. The summed E-state index contributed by atoms with van der Waals surface area (Å²) in [6, 6.07) is 2.48. The molecule has 3 rings (SSSR count). The lowest BCUT2D eigenvalue weighted by Gasteiger charge is -2.14. The summed E-state index contributed by atoms with van der Waals surface area (Å²) in [5.41, 5.74) is -0.0860. The van der Waals surface area contributed by atoms with Crippen molar-refractivity contribution >= 4 is 35.0 Å². The maximum Gasteiger partial charge on any atom is 0.416 e. The Morgan fingerprint density at radius 2 is 1.82 bits per heavy atom. The monoisotopic (exact) mass is 440 g/mol. The fourth-order valence-corrected chi connectivity index (χ4v) is 3.58. The molecule has 1 aliphatic rings. The standard InChI is InChI=1S/C15H7Cl2F5N4O2/c16-6-1-5(15(20,21)22)2-7(17)10(6)26-11(24)9(8(3-23)25-26)13(12(27)28)4-14(13,18)19/h1-2H,4,24H2,(H,27,28). The Morgan fingerprint density at radius 1 is 1.32 bits per heavy atom. The summed E-state index contributed by atoms with van der Waals surface area (Å²) in [4.78, 5) is 11.5. The summed E-state index contributed by atoms with van der Waals surface area (Å²) in [5, 5.41) is 21.0. The van der Waals surface area contributed by atoms with Crippen molar-refractivity contribution in [3.8, 4) is 11.8 Å². The van der Waals surface area contributed by atoms with Crippen LogP contribution in [0, 0.1) is 11.3 Å². The average Bonchev–Trinajstić information content (AvgIpc) is 2.99. The van der Waals surface area contributed by atoms with Crippen LogP contribution in [0.5, 0.6) is 0 Å². The quantitative estimate of drug-likeness (QED) is 0.701. The van der Waals surface area contributed by atoms with Crippen LogP contribution in [0.3, 0.4) is 0 Å². The van der Waals surface area contributed by atoms with Crippen LogP contribution in [-0.4, -0.2) is 26.8 Å². The molecule has 13 heteroatoms. The minimum Gasteiger partial charge on any atom is -0.480 e. The first kappa shape index (κ1) is 20.2. The van der Waals surface area contributed by atoms with E-state index in [0.717, 1.165) is 0 Å². The molecule has 0 bridgehead atoms. The van der Waals surface area contributed by atoms with Gasteiger partial charge < -0.3 is 10.8 Å². The van der Waals surface area contributed by atoms with Crippen LogP contribution in [0.25, 0.3) is 5.69 Å². The highest BCUT2D eigenvalue weighted by atomic mass is 35.5. The number of aromatic nitrogens is 2. The predicted molar refractivity (Wildman–Crippen MR) is 86.6 cm³/mol. The van der Waals surface area contributed by atoms with Gasteiger partial charge in [-0.25, -0.2) is 13.5 Å². The Labute approximate surface area is 162 Å². The summed E-state index contributed by atoms with van der Waals surface area (Å²) < 4.78 is 66.9. The Bertz CT molecular complexity index is 1040. The van der Waals surface area contributed by atoms with Crippen molar-refractivity contribution in [2.24, 2.45) is 0 Å². The summed E-state index contributed by atoms with van der Waals surface area (Å²) in [6.45, 7) is 0. The number of aliphatic carboxylic acids is 1. The van der Waals surface area contributed by atoms with E-state index in [1.165, 1.54) is 6.07 Å². The molecule has 1 aliphatic carbocycles. The lowest BCUT2D eigenvalue weighted by atomic mass is 9.95. The zero-order chi connectivity index (χ0) is 21.2. The number of rotatable bonds is 3. The molecule has 1 saturated carbocycles. The normalized spacial score (nSPS) is 20.6. The second-order valence-electron chi connectivity index (χ2n) is 6.01. The summed E-state index contributed by atoms with van der Waals surface area (Å²) in [6.07, 6.45) is -5.89. The first-order valence-electron chi connectivity index (χ1n) is 7.25. The van der Waals surface area contributed by atoms with Gasteiger partial charge in [0.25, 0.3) is 5.92 Å². The van der Waals surface area contributed by atoms with E-state index in [-0.39, 0.29) is 0 Å². The number of nitrogens with zero attached hydrogens (tertiary/aromatic N) is 3. The number of anilines is 1. The average molecular weight is 441 g/mol. The van der Waals surface area contributed by atoms with E-state index in [1.54, 1.807) is 0 Å². The number of alkyl halides is 5. The van der Waals surface area contributed by atoms with Crippen LogP contribution in [0.2, 0.25) is 10.0 Å². The van der Waals surface area contributed by atoms with Crippen LogP contribution in [0.1, 0.15) is 23.2 Å². The van der Waals surface area contributed by atoms with Gasteiger partial charge in [-0.1, -0.05) is 23.2 Å². The van der Waals surface area contributed by atoms with E-state index in [2.05, 4.69) is 5.10 Å². The Balaban J connectivity index is 2.27. The molecule has 0 saturated heterocycles. The third kappa shape index (κ3) is 2.67. The molecule has 0 amide bonds. The summed E-state index contributed by atoms with van der Waals surface area (Å²) in [5.74, 6) is -6.32. The topological polar surface area (TPSA) is 105 Å². The van der Waals surface area contributed by atoms with Gasteiger partial charge in [-0.15, -0.1) is 0 Å². The largest absolute Gasteiger partial charge is 0.480 e. The number of carbonyl (C=O) groups is 1. The molecule has 1 heterocycles. The number of nitrogen functional groups attached to an aromatic ring is 1. The van der Waals surface area contributed by atoms with Gasteiger partial charge in [0.2, 0.25) is 0 Å². The van der Waals surface area contributed by atoms with Gasteiger partial charge in [0.15, 0.2) is 11.1 Å². The van der Waals surface area contributed by atoms with Gasteiger partial charge in [-0.2, -0.15) is 23.5 Å². The summed E-state index contributed by atoms with van der Waals surface area (Å²) >= 11 is 11.7. The molecule has 1 aromatic carbocycles. The molecule has 0 aliphatic heterocycles. The number of hydrogen-bond acceptors (Lipinski definition) is 4. The third-order valence-electron chi connectivity index (χ3n) is 4.36.